The number of carbonyl (C=O) groups is 2. The van der Waals surface area contributed by atoms with Crippen molar-refractivity contribution in [2.24, 2.45) is 5.41 Å². The third-order valence-electron chi connectivity index (χ3n) is 5.03. The third kappa shape index (κ3) is 4.15. The molecule has 0 heterocycles. The summed E-state index contributed by atoms with van der Waals surface area (Å²) >= 11 is 6.95. The van der Waals surface area contributed by atoms with Crippen LogP contribution in [-0.2, 0) is 4.79 Å². The number of carboxylic acids is 1. The normalized spacial score (nSPS) is 21.1. The average molecular weight is 426 g/mol. The van der Waals surface area contributed by atoms with Crippen molar-refractivity contribution in [3.8, 4) is 0 Å². The Morgan fingerprint density at radius 2 is 1.89 bits per heavy atom. The molecule has 0 aromatic heterocycles. The highest BCUT2D eigenvalue weighted by atomic mass is 35.5. The number of hydrogen-bond acceptors (Lipinski definition) is 3. The van der Waals surface area contributed by atoms with Gasteiger partial charge in [-0.1, -0.05) is 18.5 Å². The molecular formula is C20H18ClF2NO3S. The maximum atomic E-state index is 14.2. The third-order valence-corrected chi connectivity index (χ3v) is 6.55. The van der Waals surface area contributed by atoms with Crippen molar-refractivity contribution in [2.75, 3.05) is 5.32 Å². The number of amides is 1. The van der Waals surface area contributed by atoms with E-state index in [4.69, 9.17) is 11.6 Å². The molecule has 1 saturated carbocycles. The summed E-state index contributed by atoms with van der Waals surface area (Å²) in [6.07, 6.45) is 1.46. The Balaban J connectivity index is 1.70. The number of benzene rings is 2. The van der Waals surface area contributed by atoms with Gasteiger partial charge >= 0.3 is 5.97 Å². The van der Waals surface area contributed by atoms with E-state index in [2.05, 4.69) is 5.32 Å². The van der Waals surface area contributed by atoms with Gasteiger partial charge in [-0.15, -0.1) is 11.8 Å². The number of hydrogen-bond donors (Lipinski definition) is 2. The molecule has 1 aliphatic rings. The number of halogens is 3. The van der Waals surface area contributed by atoms with Gasteiger partial charge in [0.05, 0.1) is 10.4 Å². The van der Waals surface area contributed by atoms with Crippen molar-refractivity contribution >= 4 is 40.9 Å². The minimum Gasteiger partial charge on any atom is -0.481 e. The summed E-state index contributed by atoms with van der Waals surface area (Å²) in [5.74, 6) is -2.36. The molecule has 0 bridgehead atoms. The molecule has 1 fully saturated rings. The lowest BCUT2D eigenvalue weighted by molar-refractivity contribution is -0.154. The summed E-state index contributed by atoms with van der Waals surface area (Å²) in [6, 6.07) is 7.81. The number of nitrogens with one attached hydrogen (secondary N) is 1. The van der Waals surface area contributed by atoms with Crippen molar-refractivity contribution in [3.05, 3.63) is 58.6 Å². The number of thioether (sulfide) groups is 1. The van der Waals surface area contributed by atoms with Gasteiger partial charge in [0, 0.05) is 21.4 Å². The lowest BCUT2D eigenvalue weighted by atomic mass is 9.67. The van der Waals surface area contributed by atoms with Crippen LogP contribution in [0.25, 0.3) is 0 Å². The molecule has 3 rings (SSSR count). The first-order valence-electron chi connectivity index (χ1n) is 8.70. The van der Waals surface area contributed by atoms with Crippen molar-refractivity contribution < 1.29 is 23.5 Å². The quantitative estimate of drug-likeness (QED) is 0.631. The molecule has 0 atom stereocenters. The molecule has 148 valence electrons. The van der Waals surface area contributed by atoms with E-state index in [0.717, 1.165) is 6.07 Å². The lowest BCUT2D eigenvalue weighted by Crippen LogP contribution is -2.45. The van der Waals surface area contributed by atoms with Crippen LogP contribution in [0.4, 0.5) is 14.5 Å². The van der Waals surface area contributed by atoms with Gasteiger partial charge in [-0.2, -0.15) is 0 Å². The van der Waals surface area contributed by atoms with E-state index in [9.17, 15) is 23.5 Å². The van der Waals surface area contributed by atoms with Crippen LogP contribution in [0, 0.1) is 17.0 Å². The smallest absolute Gasteiger partial charge is 0.309 e. The number of anilines is 1. The Labute approximate surface area is 170 Å². The zero-order valence-electron chi connectivity index (χ0n) is 15.0. The number of aliphatic carboxylic acids is 1. The summed E-state index contributed by atoms with van der Waals surface area (Å²) in [7, 11) is 0. The number of carboxylic acid groups (broad SMARTS) is 1. The molecule has 2 N–H and O–H groups in total. The Morgan fingerprint density at radius 3 is 2.50 bits per heavy atom. The average Bonchev–Trinajstić information content (AvgIpc) is 2.62. The van der Waals surface area contributed by atoms with Crippen LogP contribution >= 0.6 is 23.4 Å². The Kier molecular flexibility index (Phi) is 5.95. The molecule has 1 amide bonds. The summed E-state index contributed by atoms with van der Waals surface area (Å²) in [4.78, 5) is 24.1. The van der Waals surface area contributed by atoms with E-state index in [1.54, 1.807) is 0 Å². The fourth-order valence-corrected chi connectivity index (χ4v) is 4.92. The van der Waals surface area contributed by atoms with E-state index in [1.807, 2.05) is 6.92 Å². The first-order chi connectivity index (χ1) is 13.2. The van der Waals surface area contributed by atoms with Crippen LogP contribution in [0.2, 0.25) is 5.02 Å². The van der Waals surface area contributed by atoms with Gasteiger partial charge in [-0.25, -0.2) is 8.78 Å². The highest BCUT2D eigenvalue weighted by Crippen LogP contribution is 2.51. The van der Waals surface area contributed by atoms with E-state index in [1.165, 1.54) is 42.1 Å². The highest BCUT2D eigenvalue weighted by molar-refractivity contribution is 8.00. The van der Waals surface area contributed by atoms with Gasteiger partial charge in [0.15, 0.2) is 0 Å². The fourth-order valence-electron chi connectivity index (χ4n) is 3.20. The van der Waals surface area contributed by atoms with Crippen LogP contribution in [0.3, 0.4) is 0 Å². The second kappa shape index (κ2) is 8.09. The zero-order valence-corrected chi connectivity index (χ0v) is 16.5. The maximum Gasteiger partial charge on any atom is 0.309 e. The van der Waals surface area contributed by atoms with Crippen LogP contribution in [-0.4, -0.2) is 22.2 Å². The predicted molar refractivity (Wildman–Crippen MR) is 105 cm³/mol. The van der Waals surface area contributed by atoms with Crippen LogP contribution in [0.5, 0.6) is 0 Å². The van der Waals surface area contributed by atoms with Crippen molar-refractivity contribution in [2.45, 2.75) is 36.3 Å². The SMILES string of the molecule is CCC1(C(=O)O)CC(Sc2cc(C(=O)Nc3ccc(F)c(Cl)c3)ccc2F)C1. The maximum absolute atomic E-state index is 14.2. The topological polar surface area (TPSA) is 66.4 Å². The van der Waals surface area contributed by atoms with Crippen molar-refractivity contribution in [1.82, 2.24) is 0 Å². The van der Waals surface area contributed by atoms with E-state index < -0.39 is 28.9 Å². The molecular weight excluding hydrogens is 408 g/mol. The summed E-state index contributed by atoms with van der Waals surface area (Å²) in [6.45, 7) is 1.84. The molecule has 0 saturated heterocycles. The summed E-state index contributed by atoms with van der Waals surface area (Å²) < 4.78 is 27.4. The summed E-state index contributed by atoms with van der Waals surface area (Å²) in [5.41, 5.74) is -0.169. The van der Waals surface area contributed by atoms with E-state index >= 15 is 0 Å². The van der Waals surface area contributed by atoms with E-state index in [-0.39, 0.29) is 15.8 Å². The molecule has 8 heteroatoms. The first-order valence-corrected chi connectivity index (χ1v) is 9.96. The Hall–Kier alpha value is -2.12. The molecule has 2 aromatic rings. The molecule has 4 nitrogen and oxygen atoms in total. The van der Waals surface area contributed by atoms with Gasteiger partial charge in [-0.05, 0) is 55.7 Å². The Morgan fingerprint density at radius 1 is 1.21 bits per heavy atom. The Bertz CT molecular complexity index is 932. The second-order valence-electron chi connectivity index (χ2n) is 6.82. The van der Waals surface area contributed by atoms with Crippen LogP contribution in [0.15, 0.2) is 41.3 Å². The van der Waals surface area contributed by atoms with Gasteiger partial charge < -0.3 is 10.4 Å². The van der Waals surface area contributed by atoms with Gasteiger partial charge in [-0.3, -0.25) is 9.59 Å². The minimum absolute atomic E-state index is 0.0141. The predicted octanol–water partition coefficient (Wildman–Crippen LogP) is 5.61. The molecule has 1 aliphatic carbocycles. The molecule has 0 spiro atoms. The monoisotopic (exact) mass is 425 g/mol. The number of carbonyl (C=O) groups excluding carboxylic acids is 1. The minimum atomic E-state index is -0.821. The molecule has 2 aromatic carbocycles. The zero-order chi connectivity index (χ0) is 20.5. The van der Waals surface area contributed by atoms with Crippen LogP contribution in [0.1, 0.15) is 36.5 Å². The standard InChI is InChI=1S/C20H18ClF2NO3S/c1-2-20(19(26)27)9-13(10-20)28-17-7-11(3-5-16(17)23)18(25)24-12-4-6-15(22)14(21)8-12/h3-8,13H,2,9-10H2,1H3,(H,24,25)(H,26,27). The molecule has 0 unspecified atom stereocenters. The highest BCUT2D eigenvalue weighted by Gasteiger charge is 2.49. The molecule has 28 heavy (non-hydrogen) atoms. The van der Waals surface area contributed by atoms with E-state index in [0.29, 0.717) is 29.8 Å². The van der Waals surface area contributed by atoms with Crippen molar-refractivity contribution in [3.63, 3.8) is 0 Å². The van der Waals surface area contributed by atoms with Gasteiger partial charge in [0.2, 0.25) is 0 Å². The van der Waals surface area contributed by atoms with Gasteiger partial charge in [0.1, 0.15) is 11.6 Å². The largest absolute Gasteiger partial charge is 0.481 e. The second-order valence-corrected chi connectivity index (χ2v) is 8.56. The van der Waals surface area contributed by atoms with Crippen LogP contribution < -0.4 is 5.32 Å². The fraction of sp³-hybridized carbons (Fsp3) is 0.300. The summed E-state index contributed by atoms with van der Waals surface area (Å²) in [5, 5.41) is 11.8. The molecule has 0 radical (unpaired) electrons. The first kappa shape index (κ1) is 20.6. The van der Waals surface area contributed by atoms with Crippen molar-refractivity contribution in [1.29, 1.82) is 0 Å². The van der Waals surface area contributed by atoms with Gasteiger partial charge in [0.25, 0.3) is 5.91 Å². The lowest BCUT2D eigenvalue weighted by Gasteiger charge is -2.43. The number of rotatable bonds is 6. The molecule has 0 aliphatic heterocycles.